The Kier molecular flexibility index (Phi) is 11.9. The standard InChI is InChI=1S/C81H52S2/c1-3-16-54(17-4-1)56-34-32-53(33-35-56)52-73(61-38-36-57(37-39-61)55-18-5-2-6-19-55)62-42-40-58(41-43-62)65-23-15-29-75-78(65)72-22-7-10-28-74(72)81(75,63-48-44-59(45-49-63)66-24-13-26-70-68-20-8-11-30-76(68)82-79(66)70)64-50-46-60(47-51-64)67-25-14-27-71-69-21-9-12-31-77(69)83-80(67)71/h1-52H/b73-52-. The Hall–Kier alpha value is -9.96. The number of hydrogen-bond acceptors (Lipinski definition) is 2. The summed E-state index contributed by atoms with van der Waals surface area (Å²) in [5.41, 5.74) is 23.9. The normalized spacial score (nSPS) is 12.7. The fourth-order valence-corrected chi connectivity index (χ4v) is 15.8. The molecule has 83 heavy (non-hydrogen) atoms. The Balaban J connectivity index is 0.836. The van der Waals surface area contributed by atoms with Gasteiger partial charge in [0.25, 0.3) is 0 Å². The van der Waals surface area contributed by atoms with E-state index in [1.54, 1.807) is 0 Å². The lowest BCUT2D eigenvalue weighted by atomic mass is 9.67. The zero-order valence-corrected chi connectivity index (χ0v) is 47.0. The zero-order chi connectivity index (χ0) is 54.8. The minimum atomic E-state index is -0.621. The molecule has 2 aromatic heterocycles. The number of thiophene rings is 2. The Morgan fingerprint density at radius 3 is 1.18 bits per heavy atom. The van der Waals surface area contributed by atoms with Crippen LogP contribution in [0.1, 0.15) is 38.9 Å². The summed E-state index contributed by atoms with van der Waals surface area (Å²) in [6.07, 6.45) is 2.34. The summed E-state index contributed by atoms with van der Waals surface area (Å²) in [6.45, 7) is 0. The van der Waals surface area contributed by atoms with Crippen molar-refractivity contribution in [2.24, 2.45) is 0 Å². The Morgan fingerprint density at radius 2 is 0.639 bits per heavy atom. The third-order valence-corrected chi connectivity index (χ3v) is 19.7. The third-order valence-electron chi connectivity index (χ3n) is 17.3. The largest absolute Gasteiger partial charge is 0.135 e. The minimum absolute atomic E-state index is 0.621. The molecular weight excluding hydrogens is 1040 g/mol. The van der Waals surface area contributed by atoms with Crippen LogP contribution in [0.5, 0.6) is 0 Å². The summed E-state index contributed by atoms with van der Waals surface area (Å²) in [5, 5.41) is 5.26. The summed E-state index contributed by atoms with van der Waals surface area (Å²) in [6, 6.07) is 115. The molecule has 0 nitrogen and oxygen atoms in total. The van der Waals surface area contributed by atoms with Gasteiger partial charge in [-0.1, -0.05) is 297 Å². The van der Waals surface area contributed by atoms with Crippen molar-refractivity contribution in [2.45, 2.75) is 5.41 Å². The lowest BCUT2D eigenvalue weighted by Crippen LogP contribution is -2.28. The zero-order valence-electron chi connectivity index (χ0n) is 45.3. The van der Waals surface area contributed by atoms with Gasteiger partial charge in [0.05, 0.1) is 5.41 Å². The number of benzene rings is 13. The Labute approximate surface area is 491 Å². The van der Waals surface area contributed by atoms with E-state index in [4.69, 9.17) is 0 Å². The second-order valence-electron chi connectivity index (χ2n) is 21.8. The van der Waals surface area contributed by atoms with Crippen molar-refractivity contribution in [1.82, 2.24) is 0 Å². The molecule has 388 valence electrons. The van der Waals surface area contributed by atoms with Crippen molar-refractivity contribution >= 4 is 74.7 Å². The molecule has 0 amide bonds. The smallest absolute Gasteiger partial charge is 0.0713 e. The maximum absolute atomic E-state index is 2.41. The van der Waals surface area contributed by atoms with E-state index >= 15 is 0 Å². The maximum atomic E-state index is 2.41. The summed E-state index contributed by atoms with van der Waals surface area (Å²) < 4.78 is 5.29. The van der Waals surface area contributed by atoms with E-state index in [-0.39, 0.29) is 0 Å². The summed E-state index contributed by atoms with van der Waals surface area (Å²) in [7, 11) is 0. The first-order valence-electron chi connectivity index (χ1n) is 28.5. The van der Waals surface area contributed by atoms with E-state index in [9.17, 15) is 0 Å². The minimum Gasteiger partial charge on any atom is -0.135 e. The van der Waals surface area contributed by atoms with Gasteiger partial charge in [-0.25, -0.2) is 0 Å². The molecule has 0 aliphatic heterocycles. The topological polar surface area (TPSA) is 0 Å². The van der Waals surface area contributed by atoms with Crippen molar-refractivity contribution < 1.29 is 0 Å². The second-order valence-corrected chi connectivity index (χ2v) is 23.9. The lowest BCUT2D eigenvalue weighted by Gasteiger charge is -2.34. The molecule has 0 spiro atoms. The van der Waals surface area contributed by atoms with E-state index in [2.05, 4.69) is 315 Å². The molecule has 1 aliphatic carbocycles. The van der Waals surface area contributed by atoms with Gasteiger partial charge < -0.3 is 0 Å². The molecule has 2 heterocycles. The molecule has 0 saturated heterocycles. The molecule has 0 atom stereocenters. The second kappa shape index (κ2) is 20.2. The van der Waals surface area contributed by atoms with Crippen molar-refractivity contribution in [3.63, 3.8) is 0 Å². The Morgan fingerprint density at radius 1 is 0.265 bits per heavy atom. The molecule has 0 unspecified atom stereocenters. The summed E-state index contributed by atoms with van der Waals surface area (Å²) >= 11 is 3.78. The quantitative estimate of drug-likeness (QED) is 0.120. The number of fused-ring (bicyclic) bond motifs is 9. The predicted molar refractivity (Wildman–Crippen MR) is 357 cm³/mol. The van der Waals surface area contributed by atoms with Gasteiger partial charge in [0, 0.05) is 40.3 Å². The van der Waals surface area contributed by atoms with Gasteiger partial charge in [-0.3, -0.25) is 0 Å². The molecular formula is C81H52S2. The molecule has 13 aromatic carbocycles. The fourth-order valence-electron chi connectivity index (χ4n) is 13.3. The highest BCUT2D eigenvalue weighted by atomic mass is 32.1. The van der Waals surface area contributed by atoms with Crippen LogP contribution in [0.4, 0.5) is 0 Å². The fraction of sp³-hybridized carbons (Fsp3) is 0.0123. The van der Waals surface area contributed by atoms with Crippen LogP contribution in [0.15, 0.2) is 309 Å². The highest BCUT2D eigenvalue weighted by Gasteiger charge is 2.47. The molecule has 2 heteroatoms. The third kappa shape index (κ3) is 8.24. The summed E-state index contributed by atoms with van der Waals surface area (Å²) in [5.74, 6) is 0. The maximum Gasteiger partial charge on any atom is 0.0713 e. The van der Waals surface area contributed by atoms with Gasteiger partial charge in [0.1, 0.15) is 0 Å². The first-order chi connectivity index (χ1) is 41.1. The molecule has 0 bridgehead atoms. The van der Waals surface area contributed by atoms with Crippen molar-refractivity contribution in [1.29, 1.82) is 0 Å². The highest BCUT2D eigenvalue weighted by molar-refractivity contribution is 7.26. The van der Waals surface area contributed by atoms with Gasteiger partial charge in [-0.2, -0.15) is 0 Å². The van der Waals surface area contributed by atoms with Crippen LogP contribution >= 0.6 is 22.7 Å². The SMILES string of the molecule is C(=C(\c1ccc(-c2ccccc2)cc1)c1ccc(-c2cccc3c2-c2ccccc2C3(c2ccc(-c3cccc4c3sc3ccccc34)cc2)c2ccc(-c3cccc4c3sc3ccccc34)cc2)cc1)/c1ccc(-c2ccccc2)cc1. The molecule has 0 radical (unpaired) electrons. The van der Waals surface area contributed by atoms with Crippen LogP contribution in [-0.4, -0.2) is 0 Å². The molecule has 16 rings (SSSR count). The monoisotopic (exact) mass is 1090 g/mol. The van der Waals surface area contributed by atoms with Crippen LogP contribution in [0.2, 0.25) is 0 Å². The number of rotatable bonds is 10. The molecule has 1 aliphatic rings. The average Bonchev–Trinajstić information content (AvgIpc) is 1.80. The Bertz CT molecular complexity index is 4790. The van der Waals surface area contributed by atoms with Crippen LogP contribution in [0.25, 0.3) is 119 Å². The molecule has 0 fully saturated rings. The van der Waals surface area contributed by atoms with Gasteiger partial charge >= 0.3 is 0 Å². The van der Waals surface area contributed by atoms with E-state index < -0.39 is 5.41 Å². The highest BCUT2D eigenvalue weighted by Crippen LogP contribution is 2.59. The van der Waals surface area contributed by atoms with Crippen LogP contribution in [0.3, 0.4) is 0 Å². The molecule has 0 saturated carbocycles. The lowest BCUT2D eigenvalue weighted by molar-refractivity contribution is 0.769. The first kappa shape index (κ1) is 48.9. The van der Waals surface area contributed by atoms with Crippen molar-refractivity contribution in [3.05, 3.63) is 348 Å². The van der Waals surface area contributed by atoms with Gasteiger partial charge in [0.15, 0.2) is 0 Å². The number of hydrogen-bond donors (Lipinski definition) is 0. The van der Waals surface area contributed by atoms with E-state index in [0.717, 1.165) is 11.1 Å². The van der Waals surface area contributed by atoms with Gasteiger partial charge in [-0.15, -0.1) is 22.7 Å². The van der Waals surface area contributed by atoms with Crippen LogP contribution in [-0.2, 0) is 5.41 Å². The molecule has 15 aromatic rings. The van der Waals surface area contributed by atoms with Gasteiger partial charge in [-0.05, 0) is 129 Å². The van der Waals surface area contributed by atoms with E-state index in [1.165, 1.54) is 140 Å². The van der Waals surface area contributed by atoms with E-state index in [1.807, 2.05) is 22.7 Å². The predicted octanol–water partition coefficient (Wildman–Crippen LogP) is 22.7. The van der Waals surface area contributed by atoms with Crippen LogP contribution in [0, 0.1) is 0 Å². The van der Waals surface area contributed by atoms with Crippen LogP contribution < -0.4 is 0 Å². The van der Waals surface area contributed by atoms with Crippen molar-refractivity contribution in [2.75, 3.05) is 0 Å². The van der Waals surface area contributed by atoms with E-state index in [0.29, 0.717) is 0 Å². The molecule has 0 N–H and O–H groups in total. The summed E-state index contributed by atoms with van der Waals surface area (Å²) in [4.78, 5) is 0. The van der Waals surface area contributed by atoms with Crippen molar-refractivity contribution in [3.8, 4) is 66.8 Å². The van der Waals surface area contributed by atoms with Gasteiger partial charge in [0.2, 0.25) is 0 Å². The first-order valence-corrected chi connectivity index (χ1v) is 30.2. The average molecular weight is 1090 g/mol.